The average molecular weight is 582 g/mol. The Morgan fingerprint density at radius 2 is 1.32 bits per heavy atom. The van der Waals surface area contributed by atoms with Gasteiger partial charge >= 0.3 is 0 Å². The third-order valence-corrected chi connectivity index (χ3v) is 8.62. The molecule has 0 unspecified atom stereocenters. The first-order valence-electron chi connectivity index (χ1n) is 15.5. The molecule has 6 aromatic rings. The van der Waals surface area contributed by atoms with E-state index in [9.17, 15) is 5.11 Å². The van der Waals surface area contributed by atoms with E-state index in [1.165, 1.54) is 21.9 Å². The van der Waals surface area contributed by atoms with Crippen LogP contribution in [0.25, 0.3) is 50.1 Å². The lowest BCUT2D eigenvalue weighted by atomic mass is 9.78. The highest BCUT2D eigenvalue weighted by molar-refractivity contribution is 6.10. The summed E-state index contributed by atoms with van der Waals surface area (Å²) in [5.41, 5.74) is 8.77. The molecule has 0 radical (unpaired) electrons. The number of pyridine rings is 2. The predicted octanol–water partition coefficient (Wildman–Crippen LogP) is 10.5. The van der Waals surface area contributed by atoms with E-state index in [1.807, 2.05) is 36.5 Å². The van der Waals surface area contributed by atoms with Gasteiger partial charge in [-0.1, -0.05) is 98.7 Å². The van der Waals surface area contributed by atoms with E-state index in [0.29, 0.717) is 5.75 Å². The lowest BCUT2D eigenvalue weighted by Gasteiger charge is -2.27. The molecule has 0 saturated carbocycles. The van der Waals surface area contributed by atoms with Crippen LogP contribution in [0.4, 0.5) is 0 Å². The van der Waals surface area contributed by atoms with Gasteiger partial charge in [0, 0.05) is 33.7 Å². The smallest absolute Gasteiger partial charge is 0.138 e. The monoisotopic (exact) mass is 581 g/mol. The van der Waals surface area contributed by atoms with Crippen LogP contribution in [0.5, 0.6) is 5.75 Å². The number of phenolic OH excluding ortho intramolecular Hbond substituents is 1. The number of aromatic nitrogens is 3. The zero-order valence-corrected chi connectivity index (χ0v) is 27.4. The molecule has 0 aliphatic carbocycles. The van der Waals surface area contributed by atoms with Gasteiger partial charge in [-0.3, -0.25) is 9.55 Å². The normalized spacial score (nSPS) is 12.8. The fourth-order valence-corrected chi connectivity index (χ4v) is 5.96. The summed E-state index contributed by atoms with van der Waals surface area (Å²) in [6.45, 7) is 19.8. The first-order chi connectivity index (χ1) is 20.6. The Kier molecular flexibility index (Phi) is 6.96. The summed E-state index contributed by atoms with van der Waals surface area (Å²) in [6.07, 6.45) is 1.83. The average Bonchev–Trinajstić information content (AvgIpc) is 3.29. The van der Waals surface area contributed by atoms with Crippen LogP contribution in [0.3, 0.4) is 0 Å². The van der Waals surface area contributed by atoms with Gasteiger partial charge in [-0.15, -0.1) is 0 Å². The SMILES string of the molecule is CC(C)(C)c1cc(-c2cccc(-n3c4ccc(C(C)(C)C)cc4c4ccc(-c5ccccn5)cc43)n2)c(O)c(C(C)(C)C)c1. The van der Waals surface area contributed by atoms with E-state index < -0.39 is 0 Å². The number of nitrogens with zero attached hydrogens (tertiary/aromatic N) is 3. The minimum Gasteiger partial charge on any atom is -0.507 e. The third-order valence-electron chi connectivity index (χ3n) is 8.62. The van der Waals surface area contributed by atoms with Crippen molar-refractivity contribution in [2.45, 2.75) is 78.6 Å². The second-order valence-corrected chi connectivity index (χ2v) is 15.1. The van der Waals surface area contributed by atoms with Crippen LogP contribution in [0, 0.1) is 0 Å². The van der Waals surface area contributed by atoms with Crippen LogP contribution in [-0.2, 0) is 16.2 Å². The van der Waals surface area contributed by atoms with Gasteiger partial charge in [0.15, 0.2) is 0 Å². The molecule has 4 heteroatoms. The molecule has 224 valence electrons. The van der Waals surface area contributed by atoms with E-state index in [1.54, 1.807) is 0 Å². The van der Waals surface area contributed by atoms with Crippen molar-refractivity contribution < 1.29 is 5.11 Å². The number of hydrogen-bond acceptors (Lipinski definition) is 3. The minimum atomic E-state index is -0.225. The zero-order valence-electron chi connectivity index (χ0n) is 27.4. The topological polar surface area (TPSA) is 50.9 Å². The first kappa shape index (κ1) is 29.6. The Morgan fingerprint density at radius 1 is 0.591 bits per heavy atom. The second-order valence-electron chi connectivity index (χ2n) is 15.1. The van der Waals surface area contributed by atoms with Crippen molar-refractivity contribution in [3.05, 3.63) is 108 Å². The number of phenols is 1. The van der Waals surface area contributed by atoms with Crippen LogP contribution in [0.15, 0.2) is 91.1 Å². The molecule has 0 spiro atoms. The molecule has 0 atom stereocenters. The predicted molar refractivity (Wildman–Crippen MR) is 185 cm³/mol. The summed E-state index contributed by atoms with van der Waals surface area (Å²) in [5, 5.41) is 14.0. The molecule has 6 rings (SSSR count). The highest BCUT2D eigenvalue weighted by Gasteiger charge is 2.26. The number of benzene rings is 3. The fourth-order valence-electron chi connectivity index (χ4n) is 5.96. The summed E-state index contributed by atoms with van der Waals surface area (Å²) < 4.78 is 2.25. The maximum absolute atomic E-state index is 11.6. The van der Waals surface area contributed by atoms with Gasteiger partial charge in [0.25, 0.3) is 0 Å². The number of aromatic hydroxyl groups is 1. The van der Waals surface area contributed by atoms with Crippen molar-refractivity contribution in [2.24, 2.45) is 0 Å². The molecule has 3 aromatic carbocycles. The lowest BCUT2D eigenvalue weighted by Crippen LogP contribution is -2.17. The van der Waals surface area contributed by atoms with E-state index in [0.717, 1.165) is 44.9 Å². The quantitative estimate of drug-likeness (QED) is 0.226. The summed E-state index contributed by atoms with van der Waals surface area (Å²) in [5.74, 6) is 1.10. The largest absolute Gasteiger partial charge is 0.507 e. The summed E-state index contributed by atoms with van der Waals surface area (Å²) in [4.78, 5) is 9.88. The Hall–Kier alpha value is -4.44. The van der Waals surface area contributed by atoms with Crippen molar-refractivity contribution in [1.82, 2.24) is 14.5 Å². The second kappa shape index (κ2) is 10.3. The Balaban J connectivity index is 1.63. The van der Waals surface area contributed by atoms with Crippen molar-refractivity contribution in [3.63, 3.8) is 0 Å². The van der Waals surface area contributed by atoms with Gasteiger partial charge < -0.3 is 5.11 Å². The summed E-state index contributed by atoms with van der Waals surface area (Å²) in [7, 11) is 0. The van der Waals surface area contributed by atoms with Crippen LogP contribution < -0.4 is 0 Å². The molecule has 0 saturated heterocycles. The Bertz CT molecular complexity index is 2010. The van der Waals surface area contributed by atoms with Crippen molar-refractivity contribution >= 4 is 21.8 Å². The number of hydrogen-bond donors (Lipinski definition) is 1. The number of fused-ring (bicyclic) bond motifs is 3. The minimum absolute atomic E-state index is 0.0229. The highest BCUT2D eigenvalue weighted by Crippen LogP contribution is 2.42. The first-order valence-corrected chi connectivity index (χ1v) is 15.5. The van der Waals surface area contributed by atoms with E-state index in [2.05, 4.69) is 126 Å². The maximum atomic E-state index is 11.6. The maximum Gasteiger partial charge on any atom is 0.138 e. The molecule has 44 heavy (non-hydrogen) atoms. The van der Waals surface area contributed by atoms with Crippen LogP contribution in [0.1, 0.15) is 79.0 Å². The highest BCUT2D eigenvalue weighted by atomic mass is 16.3. The van der Waals surface area contributed by atoms with E-state index in [-0.39, 0.29) is 16.2 Å². The zero-order chi connectivity index (χ0) is 31.6. The fraction of sp³-hybridized carbons (Fsp3) is 0.300. The molecular weight excluding hydrogens is 538 g/mol. The molecule has 4 nitrogen and oxygen atoms in total. The third kappa shape index (κ3) is 5.27. The molecule has 0 amide bonds. The van der Waals surface area contributed by atoms with Crippen LogP contribution in [-0.4, -0.2) is 19.6 Å². The van der Waals surface area contributed by atoms with Gasteiger partial charge in [0.05, 0.1) is 22.4 Å². The molecule has 0 bridgehead atoms. The van der Waals surface area contributed by atoms with Gasteiger partial charge in [0.2, 0.25) is 0 Å². The van der Waals surface area contributed by atoms with Crippen molar-refractivity contribution in [3.8, 4) is 34.1 Å². The van der Waals surface area contributed by atoms with Crippen LogP contribution in [0.2, 0.25) is 0 Å². The van der Waals surface area contributed by atoms with Crippen molar-refractivity contribution in [2.75, 3.05) is 0 Å². The lowest BCUT2D eigenvalue weighted by molar-refractivity contribution is 0.446. The van der Waals surface area contributed by atoms with E-state index in [4.69, 9.17) is 4.98 Å². The Morgan fingerprint density at radius 3 is 1.98 bits per heavy atom. The summed E-state index contributed by atoms with van der Waals surface area (Å²) in [6, 6.07) is 29.7. The van der Waals surface area contributed by atoms with E-state index >= 15 is 0 Å². The molecule has 0 aliphatic rings. The molecule has 1 N–H and O–H groups in total. The van der Waals surface area contributed by atoms with Gasteiger partial charge in [0.1, 0.15) is 11.6 Å². The standard InChI is InChI=1S/C40H43N3O/c1-38(2,3)26-17-19-34-29(22-26)28-18-16-25(32-13-10-11-20-41-32)21-35(28)43(34)36-15-12-14-33(42-36)30-23-27(39(4,5)6)24-31(37(30)44)40(7,8)9/h10-24,44H,1-9H3. The molecule has 0 aliphatic heterocycles. The van der Waals surface area contributed by atoms with Crippen LogP contribution >= 0.6 is 0 Å². The van der Waals surface area contributed by atoms with Gasteiger partial charge in [-0.2, -0.15) is 0 Å². The van der Waals surface area contributed by atoms with Gasteiger partial charge in [-0.05, 0) is 75.9 Å². The molecule has 0 fully saturated rings. The van der Waals surface area contributed by atoms with Crippen molar-refractivity contribution in [1.29, 1.82) is 0 Å². The molecule has 3 heterocycles. The Labute approximate surface area is 261 Å². The summed E-state index contributed by atoms with van der Waals surface area (Å²) >= 11 is 0. The number of rotatable bonds is 3. The molecule has 3 aromatic heterocycles. The molecular formula is C40H43N3O. The van der Waals surface area contributed by atoms with Gasteiger partial charge in [-0.25, -0.2) is 4.98 Å².